The van der Waals surface area contributed by atoms with Gasteiger partial charge in [0, 0.05) is 6.54 Å². The number of rotatable bonds is 8. The van der Waals surface area contributed by atoms with E-state index in [2.05, 4.69) is 16.2 Å². The molecule has 0 unspecified atom stereocenters. The van der Waals surface area contributed by atoms with Crippen LogP contribution < -0.4 is 16.2 Å². The van der Waals surface area contributed by atoms with Gasteiger partial charge in [-0.3, -0.25) is 10.2 Å². The Morgan fingerprint density at radius 3 is 2.30 bits per heavy atom. The number of hydrazine groups is 1. The van der Waals surface area contributed by atoms with Gasteiger partial charge in [0.1, 0.15) is 12.6 Å². The molecular weight excluding hydrogens is 294 g/mol. The minimum absolute atomic E-state index is 0.0554. The van der Waals surface area contributed by atoms with E-state index in [9.17, 15) is 9.59 Å². The fraction of sp³-hybridized carbons (Fsp3) is 0.529. The molecule has 1 aromatic rings. The number of carbonyl (C=O) groups excluding carboxylic acids is 2. The molecule has 0 aromatic heterocycles. The summed E-state index contributed by atoms with van der Waals surface area (Å²) in [5, 5.41) is 2.61. The van der Waals surface area contributed by atoms with Crippen molar-refractivity contribution in [2.24, 2.45) is 11.8 Å². The second-order valence-corrected chi connectivity index (χ2v) is 6.19. The van der Waals surface area contributed by atoms with Crippen molar-refractivity contribution in [1.29, 1.82) is 0 Å². The standard InChI is InChI=1S/C17H27N3O3/c1-12(2)10-18-20-16(21)15(13(3)4)19-17(22)23-11-14-8-6-5-7-9-14/h5-9,12-13,15,18H,10-11H2,1-4H3,(H,19,22)(H,20,21)/t15-/m0/s1. The van der Waals surface area contributed by atoms with E-state index in [0.717, 1.165) is 5.56 Å². The van der Waals surface area contributed by atoms with Gasteiger partial charge in [0.25, 0.3) is 5.91 Å². The summed E-state index contributed by atoms with van der Waals surface area (Å²) in [6, 6.07) is 8.74. The molecule has 0 saturated carbocycles. The van der Waals surface area contributed by atoms with Gasteiger partial charge in [-0.1, -0.05) is 58.0 Å². The average Bonchev–Trinajstić information content (AvgIpc) is 2.50. The first kappa shape index (κ1) is 19.0. The largest absolute Gasteiger partial charge is 0.445 e. The first-order chi connectivity index (χ1) is 10.9. The van der Waals surface area contributed by atoms with Gasteiger partial charge in [-0.2, -0.15) is 0 Å². The minimum Gasteiger partial charge on any atom is -0.445 e. The summed E-state index contributed by atoms with van der Waals surface area (Å²) in [4.78, 5) is 24.0. The SMILES string of the molecule is CC(C)CNNC(=O)[C@@H](NC(=O)OCc1ccccc1)C(C)C. The van der Waals surface area contributed by atoms with Gasteiger partial charge in [-0.15, -0.1) is 0 Å². The minimum atomic E-state index is -0.655. The molecule has 0 aliphatic rings. The summed E-state index contributed by atoms with van der Waals surface area (Å²) in [7, 11) is 0. The Hall–Kier alpha value is -2.08. The normalized spacial score (nSPS) is 12.1. The first-order valence-electron chi connectivity index (χ1n) is 7.90. The summed E-state index contributed by atoms with van der Waals surface area (Å²) in [5.41, 5.74) is 6.37. The van der Waals surface area contributed by atoms with Crippen LogP contribution in [0.5, 0.6) is 0 Å². The zero-order chi connectivity index (χ0) is 17.2. The van der Waals surface area contributed by atoms with Gasteiger partial charge in [0.2, 0.25) is 0 Å². The number of carbonyl (C=O) groups is 2. The van der Waals surface area contributed by atoms with Crippen LogP contribution in [0.15, 0.2) is 30.3 Å². The first-order valence-corrected chi connectivity index (χ1v) is 7.90. The molecule has 0 aliphatic heterocycles. The molecule has 1 rings (SSSR count). The molecule has 0 radical (unpaired) electrons. The predicted molar refractivity (Wildman–Crippen MR) is 89.4 cm³/mol. The Morgan fingerprint density at radius 2 is 1.74 bits per heavy atom. The number of benzene rings is 1. The zero-order valence-corrected chi connectivity index (χ0v) is 14.3. The van der Waals surface area contributed by atoms with E-state index < -0.39 is 12.1 Å². The molecule has 0 bridgehead atoms. The smallest absolute Gasteiger partial charge is 0.408 e. The molecule has 0 aliphatic carbocycles. The maximum absolute atomic E-state index is 12.1. The molecule has 0 heterocycles. The summed E-state index contributed by atoms with van der Waals surface area (Å²) in [6.45, 7) is 8.64. The van der Waals surface area contributed by atoms with Crippen molar-refractivity contribution in [2.45, 2.75) is 40.3 Å². The van der Waals surface area contributed by atoms with Crippen LogP contribution in [-0.4, -0.2) is 24.6 Å². The third-order valence-corrected chi connectivity index (χ3v) is 3.16. The highest BCUT2D eigenvalue weighted by molar-refractivity contribution is 5.85. The maximum Gasteiger partial charge on any atom is 0.408 e. The lowest BCUT2D eigenvalue weighted by Crippen LogP contribution is -2.53. The second kappa shape index (κ2) is 9.84. The van der Waals surface area contributed by atoms with E-state index in [1.807, 2.05) is 58.0 Å². The molecule has 0 spiro atoms. The van der Waals surface area contributed by atoms with E-state index in [1.54, 1.807) is 0 Å². The second-order valence-electron chi connectivity index (χ2n) is 6.19. The van der Waals surface area contributed by atoms with Gasteiger partial charge < -0.3 is 10.1 Å². The van der Waals surface area contributed by atoms with E-state index in [4.69, 9.17) is 4.74 Å². The summed E-state index contributed by atoms with van der Waals surface area (Å²) in [6.07, 6.45) is -0.605. The van der Waals surface area contributed by atoms with Gasteiger partial charge >= 0.3 is 6.09 Å². The Bertz CT molecular complexity index is 489. The van der Waals surface area contributed by atoms with Crippen LogP contribution in [-0.2, 0) is 16.1 Å². The van der Waals surface area contributed by atoms with Crippen molar-refractivity contribution in [2.75, 3.05) is 6.54 Å². The van der Waals surface area contributed by atoms with Gasteiger partial charge in [-0.25, -0.2) is 10.2 Å². The van der Waals surface area contributed by atoms with Crippen molar-refractivity contribution < 1.29 is 14.3 Å². The van der Waals surface area contributed by atoms with E-state index in [1.165, 1.54) is 0 Å². The van der Waals surface area contributed by atoms with Crippen molar-refractivity contribution in [3.63, 3.8) is 0 Å². The van der Waals surface area contributed by atoms with Crippen LogP contribution in [0.3, 0.4) is 0 Å². The van der Waals surface area contributed by atoms with Gasteiger partial charge in [0.15, 0.2) is 0 Å². The lowest BCUT2D eigenvalue weighted by molar-refractivity contribution is -0.125. The highest BCUT2D eigenvalue weighted by Crippen LogP contribution is 2.04. The third-order valence-electron chi connectivity index (χ3n) is 3.16. The number of amides is 2. The topological polar surface area (TPSA) is 79.5 Å². The van der Waals surface area contributed by atoms with Crippen molar-refractivity contribution in [3.8, 4) is 0 Å². The van der Waals surface area contributed by atoms with E-state index in [0.29, 0.717) is 12.5 Å². The predicted octanol–water partition coefficient (Wildman–Crippen LogP) is 2.21. The molecule has 6 nitrogen and oxygen atoms in total. The Morgan fingerprint density at radius 1 is 1.09 bits per heavy atom. The van der Waals surface area contributed by atoms with E-state index >= 15 is 0 Å². The molecule has 1 aromatic carbocycles. The average molecular weight is 321 g/mol. The van der Waals surface area contributed by atoms with Crippen molar-refractivity contribution >= 4 is 12.0 Å². The fourth-order valence-electron chi connectivity index (χ4n) is 1.85. The fourth-order valence-corrected chi connectivity index (χ4v) is 1.85. The maximum atomic E-state index is 12.1. The Balaban J connectivity index is 2.44. The lowest BCUT2D eigenvalue weighted by atomic mass is 10.0. The molecular formula is C17H27N3O3. The summed E-state index contributed by atoms with van der Waals surface area (Å²) >= 11 is 0. The summed E-state index contributed by atoms with van der Waals surface area (Å²) in [5.74, 6) is 0.0778. The van der Waals surface area contributed by atoms with Crippen LogP contribution in [0.4, 0.5) is 4.79 Å². The van der Waals surface area contributed by atoms with Crippen molar-refractivity contribution in [1.82, 2.24) is 16.2 Å². The van der Waals surface area contributed by atoms with Crippen LogP contribution >= 0.6 is 0 Å². The van der Waals surface area contributed by atoms with E-state index in [-0.39, 0.29) is 18.4 Å². The monoisotopic (exact) mass is 321 g/mol. The molecule has 3 N–H and O–H groups in total. The number of hydrogen-bond acceptors (Lipinski definition) is 4. The quantitative estimate of drug-likeness (QED) is 0.641. The molecule has 23 heavy (non-hydrogen) atoms. The number of ether oxygens (including phenoxy) is 1. The molecule has 1 atom stereocenters. The number of alkyl carbamates (subject to hydrolysis) is 1. The molecule has 0 saturated heterocycles. The lowest BCUT2D eigenvalue weighted by Gasteiger charge is -2.22. The molecule has 2 amide bonds. The molecule has 6 heteroatoms. The van der Waals surface area contributed by atoms with Crippen LogP contribution in [0.2, 0.25) is 0 Å². The third kappa shape index (κ3) is 7.65. The number of hydrogen-bond donors (Lipinski definition) is 3. The van der Waals surface area contributed by atoms with Crippen LogP contribution in [0.25, 0.3) is 0 Å². The van der Waals surface area contributed by atoms with Gasteiger partial charge in [-0.05, 0) is 17.4 Å². The van der Waals surface area contributed by atoms with Crippen LogP contribution in [0, 0.1) is 11.8 Å². The number of nitrogens with one attached hydrogen (secondary N) is 3. The van der Waals surface area contributed by atoms with Crippen LogP contribution in [0.1, 0.15) is 33.3 Å². The summed E-state index contributed by atoms with van der Waals surface area (Å²) < 4.78 is 5.15. The van der Waals surface area contributed by atoms with Crippen molar-refractivity contribution in [3.05, 3.63) is 35.9 Å². The highest BCUT2D eigenvalue weighted by atomic mass is 16.5. The van der Waals surface area contributed by atoms with Gasteiger partial charge in [0.05, 0.1) is 0 Å². The molecule has 128 valence electrons. The Labute approximate surface area is 138 Å². The highest BCUT2D eigenvalue weighted by Gasteiger charge is 2.24. The molecule has 0 fully saturated rings. The Kier molecular flexibility index (Phi) is 8.11. The zero-order valence-electron chi connectivity index (χ0n) is 14.3.